The summed E-state index contributed by atoms with van der Waals surface area (Å²) in [5.74, 6) is 0.785. The van der Waals surface area contributed by atoms with Crippen molar-refractivity contribution in [3.8, 4) is 0 Å². The van der Waals surface area contributed by atoms with Crippen LogP contribution >= 0.6 is 24.0 Å². The molecule has 0 spiro atoms. The van der Waals surface area contributed by atoms with Crippen LogP contribution in [0.4, 0.5) is 4.79 Å². The number of amides is 1. The van der Waals surface area contributed by atoms with Gasteiger partial charge in [0.25, 0.3) is 0 Å². The molecule has 1 heterocycles. The maximum atomic E-state index is 12.0. The van der Waals surface area contributed by atoms with Crippen molar-refractivity contribution in [1.82, 2.24) is 25.8 Å². The maximum Gasteiger partial charge on any atom is 0.408 e. The van der Waals surface area contributed by atoms with Crippen molar-refractivity contribution in [3.63, 3.8) is 0 Å². The molecule has 0 saturated carbocycles. The maximum absolute atomic E-state index is 12.0. The van der Waals surface area contributed by atoms with Crippen molar-refractivity contribution >= 4 is 36.0 Å². The number of halogens is 1. The van der Waals surface area contributed by atoms with Gasteiger partial charge in [0, 0.05) is 39.3 Å². The molecule has 0 aromatic carbocycles. The third-order valence-electron chi connectivity index (χ3n) is 4.92. The van der Waals surface area contributed by atoms with E-state index in [-0.39, 0.29) is 24.0 Å². The van der Waals surface area contributed by atoms with Crippen LogP contribution < -0.4 is 16.0 Å². The van der Waals surface area contributed by atoms with E-state index in [2.05, 4.69) is 44.6 Å². The zero-order chi connectivity index (χ0) is 22.6. The standard InChI is InChI=1S/C22H46N6O2.HI/c1-8-23-19(25-18-22(6,7)26-20(29)30-21(3,4)5)24-12-10-11-13-28-16-14-27(9-2)15-17-28;/h8-18H2,1-7H3,(H,26,29)(H2,23,24,25);1H. The van der Waals surface area contributed by atoms with Crippen LogP contribution in [0.15, 0.2) is 4.99 Å². The van der Waals surface area contributed by atoms with E-state index in [4.69, 9.17) is 4.74 Å². The van der Waals surface area contributed by atoms with Crippen molar-refractivity contribution in [3.05, 3.63) is 0 Å². The summed E-state index contributed by atoms with van der Waals surface area (Å²) in [5, 5.41) is 9.58. The first-order chi connectivity index (χ1) is 14.0. The number of likely N-dealkylation sites (N-methyl/N-ethyl adjacent to an activating group) is 1. The van der Waals surface area contributed by atoms with Crippen LogP contribution in [-0.4, -0.2) is 91.9 Å². The van der Waals surface area contributed by atoms with Crippen LogP contribution in [-0.2, 0) is 4.74 Å². The lowest BCUT2D eigenvalue weighted by atomic mass is 10.1. The van der Waals surface area contributed by atoms with Crippen LogP contribution in [0.2, 0.25) is 0 Å². The molecule has 0 atom stereocenters. The molecule has 1 amide bonds. The van der Waals surface area contributed by atoms with Gasteiger partial charge >= 0.3 is 6.09 Å². The van der Waals surface area contributed by atoms with E-state index in [1.54, 1.807) is 0 Å². The number of nitrogens with zero attached hydrogens (tertiary/aromatic N) is 3. The Bertz CT molecular complexity index is 529. The number of rotatable bonds is 10. The summed E-state index contributed by atoms with van der Waals surface area (Å²) in [6.07, 6.45) is 1.88. The molecule has 9 heteroatoms. The molecular weight excluding hydrogens is 507 g/mol. The molecule has 8 nitrogen and oxygen atoms in total. The highest BCUT2D eigenvalue weighted by molar-refractivity contribution is 14.0. The zero-order valence-electron chi connectivity index (χ0n) is 20.8. The summed E-state index contributed by atoms with van der Waals surface area (Å²) >= 11 is 0. The molecule has 1 aliphatic heterocycles. The fraction of sp³-hybridized carbons (Fsp3) is 0.909. The number of guanidine groups is 1. The lowest BCUT2D eigenvalue weighted by molar-refractivity contribution is 0.0476. The second-order valence-electron chi connectivity index (χ2n) is 9.62. The van der Waals surface area contributed by atoms with Crippen molar-refractivity contribution in [1.29, 1.82) is 0 Å². The van der Waals surface area contributed by atoms with Gasteiger partial charge in [-0.15, -0.1) is 24.0 Å². The van der Waals surface area contributed by atoms with Crippen LogP contribution in [0.5, 0.6) is 0 Å². The van der Waals surface area contributed by atoms with E-state index < -0.39 is 17.2 Å². The van der Waals surface area contributed by atoms with Gasteiger partial charge in [-0.2, -0.15) is 0 Å². The first-order valence-corrected chi connectivity index (χ1v) is 11.5. The van der Waals surface area contributed by atoms with Gasteiger partial charge in [-0.3, -0.25) is 4.99 Å². The number of piperazine rings is 1. The van der Waals surface area contributed by atoms with Gasteiger partial charge in [-0.05, 0) is 67.5 Å². The van der Waals surface area contributed by atoms with Gasteiger partial charge < -0.3 is 30.5 Å². The minimum atomic E-state index is -0.510. The number of hydrogen-bond donors (Lipinski definition) is 3. The van der Waals surface area contributed by atoms with Gasteiger partial charge in [-0.25, -0.2) is 4.79 Å². The number of carbonyl (C=O) groups excluding carboxylic acids is 1. The second kappa shape index (κ2) is 15.1. The van der Waals surface area contributed by atoms with E-state index in [0.717, 1.165) is 32.0 Å². The normalized spacial score (nSPS) is 16.4. The van der Waals surface area contributed by atoms with Crippen LogP contribution in [0, 0.1) is 0 Å². The topological polar surface area (TPSA) is 81.2 Å². The van der Waals surface area contributed by atoms with Crippen LogP contribution in [0.3, 0.4) is 0 Å². The third-order valence-corrected chi connectivity index (χ3v) is 4.92. The molecule has 31 heavy (non-hydrogen) atoms. The molecule has 0 radical (unpaired) electrons. The molecule has 1 fully saturated rings. The highest BCUT2D eigenvalue weighted by Crippen LogP contribution is 2.10. The summed E-state index contributed by atoms with van der Waals surface area (Å²) in [6.45, 7) is 23.0. The number of aliphatic imine (C=N–C) groups is 1. The highest BCUT2D eigenvalue weighted by Gasteiger charge is 2.24. The van der Waals surface area contributed by atoms with E-state index in [0.29, 0.717) is 6.54 Å². The predicted molar refractivity (Wildman–Crippen MR) is 141 cm³/mol. The molecule has 0 aliphatic carbocycles. The van der Waals surface area contributed by atoms with Gasteiger partial charge in [0.15, 0.2) is 5.96 Å². The summed E-state index contributed by atoms with van der Waals surface area (Å²) in [6, 6.07) is 0. The Hall–Kier alpha value is -0.810. The molecule has 0 aromatic rings. The monoisotopic (exact) mass is 554 g/mol. The van der Waals surface area contributed by atoms with Gasteiger partial charge in [-0.1, -0.05) is 6.92 Å². The Kier molecular flexibility index (Phi) is 14.7. The fourth-order valence-corrected chi connectivity index (χ4v) is 3.23. The Balaban J connectivity index is 0.00000900. The predicted octanol–water partition coefficient (Wildman–Crippen LogP) is 2.88. The van der Waals surface area contributed by atoms with Crippen molar-refractivity contribution in [2.75, 3.05) is 58.9 Å². The van der Waals surface area contributed by atoms with E-state index in [1.807, 2.05) is 34.6 Å². The molecule has 0 aromatic heterocycles. The Morgan fingerprint density at radius 3 is 2.13 bits per heavy atom. The molecule has 184 valence electrons. The number of carbonyl (C=O) groups is 1. The summed E-state index contributed by atoms with van der Waals surface area (Å²) in [4.78, 5) is 21.8. The number of alkyl carbamates (subject to hydrolysis) is 1. The molecular formula is C22H47IN6O2. The SMILES string of the molecule is CCNC(=NCC(C)(C)NC(=O)OC(C)(C)C)NCCCCN1CCN(CC)CC1.I. The Labute approximate surface area is 207 Å². The Morgan fingerprint density at radius 1 is 0.968 bits per heavy atom. The first-order valence-electron chi connectivity index (χ1n) is 11.5. The van der Waals surface area contributed by atoms with Crippen molar-refractivity contribution < 1.29 is 9.53 Å². The summed E-state index contributed by atoms with van der Waals surface area (Å²) in [5.41, 5.74) is -1.01. The van der Waals surface area contributed by atoms with Gasteiger partial charge in [0.1, 0.15) is 5.60 Å². The number of ether oxygens (including phenoxy) is 1. The fourth-order valence-electron chi connectivity index (χ4n) is 3.23. The summed E-state index contributed by atoms with van der Waals surface area (Å²) < 4.78 is 5.35. The lowest BCUT2D eigenvalue weighted by Crippen LogP contribution is -2.49. The minimum Gasteiger partial charge on any atom is -0.444 e. The van der Waals surface area contributed by atoms with Gasteiger partial charge in [0.05, 0.1) is 12.1 Å². The second-order valence-corrected chi connectivity index (χ2v) is 9.62. The number of hydrogen-bond acceptors (Lipinski definition) is 5. The average Bonchev–Trinajstić information content (AvgIpc) is 2.64. The van der Waals surface area contributed by atoms with Crippen LogP contribution in [0.1, 0.15) is 61.3 Å². The van der Waals surface area contributed by atoms with E-state index in [1.165, 1.54) is 39.1 Å². The molecule has 1 rings (SSSR count). The first kappa shape index (κ1) is 30.2. The molecule has 0 bridgehead atoms. The van der Waals surface area contributed by atoms with E-state index in [9.17, 15) is 4.79 Å². The van der Waals surface area contributed by atoms with E-state index >= 15 is 0 Å². The quantitative estimate of drug-likeness (QED) is 0.167. The zero-order valence-corrected chi connectivity index (χ0v) is 23.2. The highest BCUT2D eigenvalue weighted by atomic mass is 127. The summed E-state index contributed by atoms with van der Waals surface area (Å²) in [7, 11) is 0. The lowest BCUT2D eigenvalue weighted by Gasteiger charge is -2.34. The van der Waals surface area contributed by atoms with Crippen molar-refractivity contribution in [2.24, 2.45) is 4.99 Å². The minimum absolute atomic E-state index is 0. The largest absolute Gasteiger partial charge is 0.444 e. The number of nitrogens with one attached hydrogen (secondary N) is 3. The smallest absolute Gasteiger partial charge is 0.408 e. The molecule has 3 N–H and O–H groups in total. The molecule has 0 unspecified atom stereocenters. The molecule has 1 saturated heterocycles. The van der Waals surface area contributed by atoms with Gasteiger partial charge in [0.2, 0.25) is 0 Å². The number of unbranched alkanes of at least 4 members (excludes halogenated alkanes) is 1. The van der Waals surface area contributed by atoms with Crippen molar-refractivity contribution in [2.45, 2.75) is 72.4 Å². The Morgan fingerprint density at radius 2 is 1.58 bits per heavy atom. The molecule has 1 aliphatic rings. The third kappa shape index (κ3) is 14.8. The average molecular weight is 555 g/mol. The van der Waals surface area contributed by atoms with Crippen LogP contribution in [0.25, 0.3) is 0 Å².